The molecule has 1 N–H and O–H groups in total. The smallest absolute Gasteiger partial charge is 0.331 e. The molecule has 7 nitrogen and oxygen atoms in total. The second kappa shape index (κ2) is 8.79. The van der Waals surface area contributed by atoms with Crippen LogP contribution in [0.4, 0.5) is 5.69 Å². The Morgan fingerprint density at radius 2 is 1.77 bits per heavy atom. The minimum atomic E-state index is -0.966. The van der Waals surface area contributed by atoms with Crippen molar-refractivity contribution in [1.82, 2.24) is 0 Å². The van der Waals surface area contributed by atoms with E-state index in [1.165, 1.54) is 13.0 Å². The highest BCUT2D eigenvalue weighted by Gasteiger charge is 2.19. The van der Waals surface area contributed by atoms with E-state index in [1.54, 1.807) is 31.4 Å². The third-order valence-electron chi connectivity index (χ3n) is 4.79. The number of anilines is 1. The third kappa shape index (κ3) is 4.78. The zero-order valence-electron chi connectivity index (χ0n) is 17.1. The normalized spacial score (nSPS) is 13.2. The molecule has 4 rings (SSSR count). The summed E-state index contributed by atoms with van der Waals surface area (Å²) < 4.78 is 21.0. The molecule has 158 valence electrons. The lowest BCUT2D eigenvalue weighted by atomic mass is 10.1. The van der Waals surface area contributed by atoms with Crippen LogP contribution in [0.3, 0.4) is 0 Å². The number of hydrogen-bond acceptors (Lipinski definition) is 6. The quantitative estimate of drug-likeness (QED) is 0.477. The third-order valence-corrected chi connectivity index (χ3v) is 4.79. The van der Waals surface area contributed by atoms with Gasteiger partial charge in [0.05, 0.1) is 7.11 Å². The summed E-state index contributed by atoms with van der Waals surface area (Å²) in [6.45, 7) is 1.66. The highest BCUT2D eigenvalue weighted by Crippen LogP contribution is 2.34. The highest BCUT2D eigenvalue weighted by atomic mass is 16.7. The fraction of sp³-hybridized carbons (Fsp3) is 0.167. The van der Waals surface area contributed by atoms with Crippen LogP contribution in [0.2, 0.25) is 0 Å². The van der Waals surface area contributed by atoms with Crippen LogP contribution in [-0.4, -0.2) is 31.9 Å². The molecule has 3 aromatic rings. The van der Waals surface area contributed by atoms with E-state index in [0.29, 0.717) is 17.2 Å². The Morgan fingerprint density at radius 1 is 1.00 bits per heavy atom. The highest BCUT2D eigenvalue weighted by molar-refractivity contribution is 5.97. The lowest BCUT2D eigenvalue weighted by molar-refractivity contribution is -0.148. The molecule has 3 aromatic carbocycles. The minimum Gasteiger partial charge on any atom is -0.497 e. The van der Waals surface area contributed by atoms with Crippen LogP contribution in [0.15, 0.2) is 60.7 Å². The number of benzene rings is 3. The fourth-order valence-corrected chi connectivity index (χ4v) is 3.12. The van der Waals surface area contributed by atoms with Crippen molar-refractivity contribution < 1.29 is 28.5 Å². The lowest BCUT2D eigenvalue weighted by Gasteiger charge is -2.12. The van der Waals surface area contributed by atoms with Crippen LogP contribution in [0.25, 0.3) is 16.8 Å². The van der Waals surface area contributed by atoms with E-state index in [0.717, 1.165) is 22.1 Å². The summed E-state index contributed by atoms with van der Waals surface area (Å²) in [5.41, 5.74) is 1.37. The van der Waals surface area contributed by atoms with Gasteiger partial charge in [-0.3, -0.25) is 4.79 Å². The average molecular weight is 419 g/mol. The van der Waals surface area contributed by atoms with Crippen molar-refractivity contribution in [3.05, 3.63) is 66.2 Å². The van der Waals surface area contributed by atoms with Crippen molar-refractivity contribution >= 4 is 34.4 Å². The summed E-state index contributed by atoms with van der Waals surface area (Å²) in [4.78, 5) is 24.5. The number of carbonyl (C=O) groups is 2. The Hall–Kier alpha value is -4.00. The van der Waals surface area contributed by atoms with Gasteiger partial charge in [-0.1, -0.05) is 18.2 Å². The van der Waals surface area contributed by atoms with E-state index < -0.39 is 18.0 Å². The summed E-state index contributed by atoms with van der Waals surface area (Å²) >= 11 is 0. The number of amides is 1. The van der Waals surface area contributed by atoms with Crippen LogP contribution in [-0.2, 0) is 14.3 Å². The van der Waals surface area contributed by atoms with Crippen LogP contribution < -0.4 is 19.5 Å². The molecule has 0 fully saturated rings. The molecule has 1 aliphatic rings. The first-order chi connectivity index (χ1) is 15.0. The van der Waals surface area contributed by atoms with Crippen molar-refractivity contribution in [2.45, 2.75) is 13.0 Å². The van der Waals surface area contributed by atoms with E-state index in [4.69, 9.17) is 18.9 Å². The van der Waals surface area contributed by atoms with E-state index in [1.807, 2.05) is 36.4 Å². The minimum absolute atomic E-state index is 0.151. The molecule has 0 aromatic heterocycles. The lowest BCUT2D eigenvalue weighted by Crippen LogP contribution is -2.29. The maximum Gasteiger partial charge on any atom is 0.331 e. The zero-order chi connectivity index (χ0) is 21.8. The topological polar surface area (TPSA) is 83.1 Å². The van der Waals surface area contributed by atoms with Crippen molar-refractivity contribution in [3.8, 4) is 17.2 Å². The number of hydrogen-bond donors (Lipinski definition) is 1. The molecule has 1 atom stereocenters. The molecule has 0 unspecified atom stereocenters. The van der Waals surface area contributed by atoms with Gasteiger partial charge >= 0.3 is 5.97 Å². The van der Waals surface area contributed by atoms with Crippen LogP contribution >= 0.6 is 0 Å². The largest absolute Gasteiger partial charge is 0.497 e. The second-order valence-corrected chi connectivity index (χ2v) is 6.94. The first-order valence-corrected chi connectivity index (χ1v) is 9.69. The van der Waals surface area contributed by atoms with Gasteiger partial charge in [-0.05, 0) is 59.7 Å². The Labute approximate surface area is 179 Å². The van der Waals surface area contributed by atoms with Crippen molar-refractivity contribution in [1.29, 1.82) is 0 Å². The van der Waals surface area contributed by atoms with Crippen LogP contribution in [0.1, 0.15) is 12.5 Å². The number of fused-ring (bicyclic) bond motifs is 2. The maximum atomic E-state index is 12.3. The van der Waals surface area contributed by atoms with Gasteiger partial charge in [0.1, 0.15) is 5.75 Å². The van der Waals surface area contributed by atoms with Crippen molar-refractivity contribution in [2.24, 2.45) is 0 Å². The van der Waals surface area contributed by atoms with Gasteiger partial charge in [0, 0.05) is 17.8 Å². The molecule has 0 spiro atoms. The number of rotatable bonds is 6. The Balaban J connectivity index is 1.34. The molecular weight excluding hydrogens is 398 g/mol. The van der Waals surface area contributed by atoms with E-state index in [2.05, 4.69) is 5.32 Å². The van der Waals surface area contributed by atoms with Gasteiger partial charge in [0.15, 0.2) is 17.6 Å². The molecule has 0 radical (unpaired) electrons. The number of carbonyl (C=O) groups excluding carboxylic acids is 2. The first-order valence-electron chi connectivity index (χ1n) is 9.69. The summed E-state index contributed by atoms with van der Waals surface area (Å²) in [7, 11) is 1.63. The Kier molecular flexibility index (Phi) is 5.75. The zero-order valence-corrected chi connectivity index (χ0v) is 17.1. The van der Waals surface area contributed by atoms with E-state index in [-0.39, 0.29) is 6.79 Å². The number of nitrogens with one attached hydrogen (secondary N) is 1. The molecule has 1 aliphatic heterocycles. The SMILES string of the molecule is COc1ccc2cc(/C=C/C(=O)O[C@H](C)C(=O)Nc3ccc4c(c3)OCO4)ccc2c1. The van der Waals surface area contributed by atoms with Crippen molar-refractivity contribution in [2.75, 3.05) is 19.2 Å². The Morgan fingerprint density at radius 3 is 2.61 bits per heavy atom. The summed E-state index contributed by atoms with van der Waals surface area (Å²) in [5, 5.41) is 4.75. The predicted molar refractivity (Wildman–Crippen MR) is 116 cm³/mol. The van der Waals surface area contributed by atoms with Gasteiger partial charge in [0.25, 0.3) is 5.91 Å². The average Bonchev–Trinajstić information content (AvgIpc) is 3.25. The molecule has 1 heterocycles. The molecular formula is C24H21NO6. The predicted octanol–water partition coefficient (Wildman–Crippen LogP) is 4.16. The van der Waals surface area contributed by atoms with Gasteiger partial charge in [0.2, 0.25) is 6.79 Å². The Bertz CT molecular complexity index is 1170. The molecule has 0 saturated carbocycles. The molecule has 7 heteroatoms. The molecule has 31 heavy (non-hydrogen) atoms. The van der Waals surface area contributed by atoms with E-state index >= 15 is 0 Å². The number of esters is 1. The first kappa shape index (κ1) is 20.3. The number of methoxy groups -OCH3 is 1. The van der Waals surface area contributed by atoms with Crippen LogP contribution in [0.5, 0.6) is 17.2 Å². The monoisotopic (exact) mass is 419 g/mol. The standard InChI is InChI=1S/C24H21NO6/c1-15(24(27)25-19-7-9-21-22(13-19)30-14-29-21)31-23(26)10-4-16-3-5-18-12-20(28-2)8-6-17(18)11-16/h3-13,15H,14H2,1-2H3,(H,25,27)/b10-4+/t15-/m1/s1. The van der Waals surface area contributed by atoms with Gasteiger partial charge in [-0.2, -0.15) is 0 Å². The van der Waals surface area contributed by atoms with Crippen molar-refractivity contribution in [3.63, 3.8) is 0 Å². The maximum absolute atomic E-state index is 12.3. The number of ether oxygens (including phenoxy) is 4. The molecule has 0 saturated heterocycles. The van der Waals surface area contributed by atoms with E-state index in [9.17, 15) is 9.59 Å². The fourth-order valence-electron chi connectivity index (χ4n) is 3.12. The molecule has 0 aliphatic carbocycles. The van der Waals surface area contributed by atoms with Gasteiger partial charge < -0.3 is 24.3 Å². The summed E-state index contributed by atoms with van der Waals surface area (Å²) in [6, 6.07) is 16.6. The summed E-state index contributed by atoms with van der Waals surface area (Å²) in [5.74, 6) is 0.908. The summed E-state index contributed by atoms with van der Waals surface area (Å²) in [6.07, 6.45) is 1.98. The molecule has 1 amide bonds. The van der Waals surface area contributed by atoms with Gasteiger partial charge in [-0.15, -0.1) is 0 Å². The molecule has 0 bridgehead atoms. The van der Waals surface area contributed by atoms with Crippen LogP contribution in [0, 0.1) is 0 Å². The van der Waals surface area contributed by atoms with Gasteiger partial charge in [-0.25, -0.2) is 4.79 Å². The second-order valence-electron chi connectivity index (χ2n) is 6.94.